The third-order valence-corrected chi connectivity index (χ3v) is 5.64. The Labute approximate surface area is 211 Å². The topological polar surface area (TPSA) is 129 Å². The molecular weight excluding hydrogens is 452 g/mol. The molecule has 186 valence electrons. The summed E-state index contributed by atoms with van der Waals surface area (Å²) in [5.74, 6) is 1.49. The molecule has 0 atom stereocenters. The average molecular weight is 485 g/mol. The van der Waals surface area contributed by atoms with Crippen LogP contribution in [-0.2, 0) is 6.54 Å². The Bertz CT molecular complexity index is 1370. The lowest BCUT2D eigenvalue weighted by Crippen LogP contribution is -2.33. The van der Waals surface area contributed by atoms with Crippen LogP contribution in [0.2, 0.25) is 0 Å². The molecule has 0 aliphatic rings. The number of anilines is 1. The Balaban J connectivity index is 1.44. The third kappa shape index (κ3) is 6.25. The molecular formula is C27H32N8O. The van der Waals surface area contributed by atoms with Crippen LogP contribution in [0.4, 0.5) is 5.82 Å². The highest BCUT2D eigenvalue weighted by atomic mass is 16.5. The first-order valence-electron chi connectivity index (χ1n) is 11.7. The number of hydrogen-bond acceptors (Lipinski definition) is 8. The molecule has 0 saturated carbocycles. The van der Waals surface area contributed by atoms with E-state index in [1.165, 1.54) is 0 Å². The van der Waals surface area contributed by atoms with E-state index in [1.54, 1.807) is 32.0 Å². The number of benzene rings is 1. The molecule has 0 spiro atoms. The van der Waals surface area contributed by atoms with Crippen LogP contribution in [0, 0.1) is 0 Å². The molecule has 0 amide bonds. The van der Waals surface area contributed by atoms with E-state index in [0.29, 0.717) is 13.2 Å². The maximum atomic E-state index is 6.03. The first-order chi connectivity index (χ1) is 17.4. The van der Waals surface area contributed by atoms with Gasteiger partial charge in [-0.15, -0.1) is 0 Å². The van der Waals surface area contributed by atoms with Gasteiger partial charge in [-0.2, -0.15) is 0 Å². The zero-order chi connectivity index (χ0) is 25.5. The van der Waals surface area contributed by atoms with Crippen molar-refractivity contribution in [3.63, 3.8) is 0 Å². The average Bonchev–Trinajstić information content (AvgIpc) is 3.29. The summed E-state index contributed by atoms with van der Waals surface area (Å²) in [6.07, 6.45) is 9.35. The fourth-order valence-corrected chi connectivity index (χ4v) is 3.63. The maximum absolute atomic E-state index is 6.03. The van der Waals surface area contributed by atoms with E-state index < -0.39 is 0 Å². The SMILES string of the molecule is CN=C/C(=C\N)c1ccc(CNc2cc(-c3cnc4cc(OCCC(C)(C)N)ccn34)ncn2)cc1. The summed E-state index contributed by atoms with van der Waals surface area (Å²) in [4.78, 5) is 17.4. The number of allylic oxidation sites excluding steroid dienone is 1. The zero-order valence-electron chi connectivity index (χ0n) is 20.8. The molecule has 0 bridgehead atoms. The van der Waals surface area contributed by atoms with E-state index in [1.807, 2.05) is 54.8 Å². The standard InChI is InChI=1S/C27H32N8O/c1-27(2,29)9-11-36-22-8-10-35-24(17-32-26(35)12-22)23-13-25(34-18-33-23)31-15-19-4-6-20(7-5-19)21(14-28)16-30-3/h4-8,10,12-14,16-18H,9,11,15,28-29H2,1-3H3,(H,31,33,34)/b21-14+,30-16?. The first-order valence-corrected chi connectivity index (χ1v) is 11.7. The lowest BCUT2D eigenvalue weighted by atomic mass is 10.0. The summed E-state index contributed by atoms with van der Waals surface area (Å²) in [6.45, 7) is 5.14. The van der Waals surface area contributed by atoms with E-state index >= 15 is 0 Å². The Morgan fingerprint density at radius 3 is 2.67 bits per heavy atom. The molecule has 0 unspecified atom stereocenters. The van der Waals surface area contributed by atoms with Gasteiger partial charge >= 0.3 is 0 Å². The number of pyridine rings is 1. The van der Waals surface area contributed by atoms with Gasteiger partial charge < -0.3 is 21.5 Å². The van der Waals surface area contributed by atoms with Crippen LogP contribution in [0.15, 0.2) is 72.4 Å². The van der Waals surface area contributed by atoms with Crippen molar-refractivity contribution in [3.8, 4) is 17.1 Å². The van der Waals surface area contributed by atoms with Crippen LogP contribution in [0.3, 0.4) is 0 Å². The third-order valence-electron chi connectivity index (χ3n) is 5.64. The Morgan fingerprint density at radius 1 is 1.14 bits per heavy atom. The van der Waals surface area contributed by atoms with Crippen LogP contribution < -0.4 is 21.5 Å². The highest BCUT2D eigenvalue weighted by Gasteiger charge is 2.12. The predicted octanol–water partition coefficient (Wildman–Crippen LogP) is 3.91. The molecule has 9 heteroatoms. The monoisotopic (exact) mass is 484 g/mol. The molecule has 1 aromatic carbocycles. The normalized spacial score (nSPS) is 12.4. The summed E-state index contributed by atoms with van der Waals surface area (Å²) in [7, 11) is 1.72. The van der Waals surface area contributed by atoms with Gasteiger partial charge in [0.25, 0.3) is 0 Å². The van der Waals surface area contributed by atoms with Crippen molar-refractivity contribution in [2.75, 3.05) is 19.0 Å². The molecule has 0 aliphatic carbocycles. The van der Waals surface area contributed by atoms with Gasteiger partial charge in [-0.25, -0.2) is 15.0 Å². The summed E-state index contributed by atoms with van der Waals surface area (Å²) in [6, 6.07) is 13.9. The number of nitrogens with two attached hydrogens (primary N) is 2. The predicted molar refractivity (Wildman–Crippen MR) is 145 cm³/mol. The summed E-state index contributed by atoms with van der Waals surface area (Å²) >= 11 is 0. The zero-order valence-corrected chi connectivity index (χ0v) is 20.8. The minimum absolute atomic E-state index is 0.262. The van der Waals surface area contributed by atoms with E-state index in [-0.39, 0.29) is 5.54 Å². The summed E-state index contributed by atoms with van der Waals surface area (Å²) in [5.41, 5.74) is 16.9. The van der Waals surface area contributed by atoms with Crippen molar-refractivity contribution in [3.05, 3.63) is 78.5 Å². The smallest absolute Gasteiger partial charge is 0.140 e. The molecule has 3 aromatic heterocycles. The number of aromatic nitrogens is 4. The number of nitrogens with zero attached hydrogens (tertiary/aromatic N) is 5. The molecule has 36 heavy (non-hydrogen) atoms. The quantitative estimate of drug-likeness (QED) is 0.291. The molecule has 4 rings (SSSR count). The lowest BCUT2D eigenvalue weighted by molar-refractivity contribution is 0.274. The van der Waals surface area contributed by atoms with Crippen LogP contribution >= 0.6 is 0 Å². The molecule has 0 radical (unpaired) electrons. The van der Waals surface area contributed by atoms with Gasteiger partial charge in [0.1, 0.15) is 23.5 Å². The lowest BCUT2D eigenvalue weighted by Gasteiger charge is -2.18. The molecule has 0 fully saturated rings. The number of fused-ring (bicyclic) bond motifs is 1. The van der Waals surface area contributed by atoms with Gasteiger partial charge in [-0.3, -0.25) is 9.39 Å². The van der Waals surface area contributed by atoms with Gasteiger partial charge in [0.05, 0.1) is 24.2 Å². The van der Waals surface area contributed by atoms with Crippen molar-refractivity contribution in [2.45, 2.75) is 32.4 Å². The number of ether oxygens (including phenoxy) is 1. The minimum atomic E-state index is -0.262. The van der Waals surface area contributed by atoms with Crippen molar-refractivity contribution in [1.82, 2.24) is 19.4 Å². The van der Waals surface area contributed by atoms with E-state index in [9.17, 15) is 0 Å². The second kappa shape index (κ2) is 11.0. The minimum Gasteiger partial charge on any atom is -0.493 e. The van der Waals surface area contributed by atoms with Gasteiger partial charge in [-0.05, 0) is 37.5 Å². The van der Waals surface area contributed by atoms with Crippen LogP contribution in [0.1, 0.15) is 31.4 Å². The van der Waals surface area contributed by atoms with Crippen molar-refractivity contribution >= 4 is 23.3 Å². The highest BCUT2D eigenvalue weighted by Crippen LogP contribution is 2.23. The fourth-order valence-electron chi connectivity index (χ4n) is 3.63. The van der Waals surface area contributed by atoms with Gasteiger partial charge in [-0.1, -0.05) is 24.3 Å². The van der Waals surface area contributed by atoms with Gasteiger partial charge in [0.2, 0.25) is 0 Å². The molecule has 4 aromatic rings. The molecule has 0 saturated heterocycles. The molecule has 9 nitrogen and oxygen atoms in total. The number of aliphatic imine (C=N–C) groups is 1. The molecule has 5 N–H and O–H groups in total. The number of imidazole rings is 1. The van der Waals surface area contributed by atoms with Crippen LogP contribution in [0.25, 0.3) is 22.6 Å². The second-order valence-corrected chi connectivity index (χ2v) is 9.17. The van der Waals surface area contributed by atoms with Gasteiger partial charge in [0.15, 0.2) is 0 Å². The summed E-state index contributed by atoms with van der Waals surface area (Å²) in [5, 5.41) is 3.37. The van der Waals surface area contributed by atoms with E-state index in [0.717, 1.165) is 51.7 Å². The summed E-state index contributed by atoms with van der Waals surface area (Å²) < 4.78 is 7.83. The van der Waals surface area contributed by atoms with E-state index in [2.05, 4.69) is 37.4 Å². The molecule has 3 heterocycles. The van der Waals surface area contributed by atoms with Gasteiger partial charge in [0, 0.05) is 55.4 Å². The number of hydrogen-bond donors (Lipinski definition) is 3. The molecule has 0 aliphatic heterocycles. The fraction of sp³-hybridized carbons (Fsp3) is 0.259. The van der Waals surface area contributed by atoms with Crippen molar-refractivity contribution in [2.24, 2.45) is 16.5 Å². The first kappa shape index (κ1) is 24.9. The van der Waals surface area contributed by atoms with E-state index in [4.69, 9.17) is 16.2 Å². The number of nitrogens with one attached hydrogen (secondary N) is 1. The Morgan fingerprint density at radius 2 is 1.94 bits per heavy atom. The second-order valence-electron chi connectivity index (χ2n) is 9.17. The highest BCUT2D eigenvalue weighted by molar-refractivity contribution is 6.09. The Kier molecular flexibility index (Phi) is 7.60. The van der Waals surface area contributed by atoms with Crippen molar-refractivity contribution in [1.29, 1.82) is 0 Å². The Hall–Kier alpha value is -4.24. The van der Waals surface area contributed by atoms with Crippen LogP contribution in [0.5, 0.6) is 5.75 Å². The maximum Gasteiger partial charge on any atom is 0.140 e. The number of rotatable bonds is 10. The van der Waals surface area contributed by atoms with Crippen molar-refractivity contribution < 1.29 is 4.74 Å². The largest absolute Gasteiger partial charge is 0.493 e. The van der Waals surface area contributed by atoms with Crippen LogP contribution in [-0.4, -0.2) is 44.8 Å².